The van der Waals surface area contributed by atoms with Crippen molar-refractivity contribution in [3.63, 3.8) is 0 Å². The van der Waals surface area contributed by atoms with Crippen LogP contribution in [0.3, 0.4) is 0 Å². The van der Waals surface area contributed by atoms with E-state index in [2.05, 4.69) is 10.5 Å². The molecule has 0 fully saturated rings. The summed E-state index contributed by atoms with van der Waals surface area (Å²) in [5.74, 6) is 0.628. The van der Waals surface area contributed by atoms with E-state index in [1.165, 1.54) is 0 Å². The fourth-order valence-electron chi connectivity index (χ4n) is 2.87. The Morgan fingerprint density at radius 3 is 2.69 bits per heavy atom. The SMILES string of the molecule is CCN(CC1CC(c2ccccc2)=NO1)C(=O)Nc1ccccc1OC. The van der Waals surface area contributed by atoms with Crippen molar-refractivity contribution in [2.45, 2.75) is 19.4 Å². The number of methoxy groups -OCH3 is 1. The van der Waals surface area contributed by atoms with Crippen molar-refractivity contribution in [3.8, 4) is 5.75 Å². The van der Waals surface area contributed by atoms with Gasteiger partial charge in [0, 0.05) is 13.0 Å². The van der Waals surface area contributed by atoms with Gasteiger partial charge in [0.1, 0.15) is 5.75 Å². The van der Waals surface area contributed by atoms with Crippen molar-refractivity contribution < 1.29 is 14.4 Å². The summed E-state index contributed by atoms with van der Waals surface area (Å²) in [7, 11) is 1.58. The molecule has 0 saturated heterocycles. The number of anilines is 1. The lowest BCUT2D eigenvalue weighted by Gasteiger charge is -2.24. The van der Waals surface area contributed by atoms with Crippen molar-refractivity contribution in [3.05, 3.63) is 60.2 Å². The predicted molar refractivity (Wildman–Crippen MR) is 102 cm³/mol. The average molecular weight is 353 g/mol. The number of ether oxygens (including phenoxy) is 1. The number of likely N-dealkylation sites (N-methyl/N-ethyl adjacent to an activating group) is 1. The minimum atomic E-state index is -0.186. The van der Waals surface area contributed by atoms with Crippen LogP contribution in [0, 0.1) is 0 Å². The molecule has 0 bridgehead atoms. The number of hydrogen-bond donors (Lipinski definition) is 1. The van der Waals surface area contributed by atoms with Crippen LogP contribution in [0.4, 0.5) is 10.5 Å². The van der Waals surface area contributed by atoms with Crippen molar-refractivity contribution in [1.82, 2.24) is 4.90 Å². The van der Waals surface area contributed by atoms with Crippen LogP contribution in [0.2, 0.25) is 0 Å². The third kappa shape index (κ3) is 4.14. The highest BCUT2D eigenvalue weighted by Gasteiger charge is 2.26. The number of carbonyl (C=O) groups excluding carboxylic acids is 1. The third-order valence-corrected chi connectivity index (χ3v) is 4.28. The zero-order chi connectivity index (χ0) is 18.4. The van der Waals surface area contributed by atoms with Crippen LogP contribution in [0.15, 0.2) is 59.8 Å². The molecular weight excluding hydrogens is 330 g/mol. The highest BCUT2D eigenvalue weighted by atomic mass is 16.6. The Labute approximate surface area is 153 Å². The first kappa shape index (κ1) is 17.8. The molecule has 26 heavy (non-hydrogen) atoms. The summed E-state index contributed by atoms with van der Waals surface area (Å²) < 4.78 is 5.28. The minimum Gasteiger partial charge on any atom is -0.495 e. The molecule has 136 valence electrons. The molecule has 2 amide bonds. The van der Waals surface area contributed by atoms with Gasteiger partial charge in [0.15, 0.2) is 6.10 Å². The Hall–Kier alpha value is -3.02. The van der Waals surface area contributed by atoms with E-state index >= 15 is 0 Å². The first-order chi connectivity index (χ1) is 12.7. The summed E-state index contributed by atoms with van der Waals surface area (Å²) >= 11 is 0. The predicted octanol–water partition coefficient (Wildman–Crippen LogP) is 3.74. The Balaban J connectivity index is 1.59. The maximum Gasteiger partial charge on any atom is 0.322 e. The molecule has 0 aliphatic carbocycles. The molecule has 3 rings (SSSR count). The van der Waals surface area contributed by atoms with Gasteiger partial charge in [0.2, 0.25) is 0 Å². The zero-order valence-corrected chi connectivity index (χ0v) is 15.0. The zero-order valence-electron chi connectivity index (χ0n) is 15.0. The highest BCUT2D eigenvalue weighted by molar-refractivity contribution is 6.01. The topological polar surface area (TPSA) is 63.2 Å². The van der Waals surface area contributed by atoms with Gasteiger partial charge in [-0.15, -0.1) is 0 Å². The molecule has 0 radical (unpaired) electrons. The summed E-state index contributed by atoms with van der Waals surface area (Å²) in [6, 6.07) is 17.1. The van der Waals surface area contributed by atoms with Gasteiger partial charge < -0.3 is 19.8 Å². The fraction of sp³-hybridized carbons (Fsp3) is 0.300. The number of nitrogens with one attached hydrogen (secondary N) is 1. The molecular formula is C20H23N3O3. The number of rotatable bonds is 6. The number of carbonyl (C=O) groups is 1. The number of para-hydroxylation sites is 2. The van der Waals surface area contributed by atoms with Gasteiger partial charge in [0.25, 0.3) is 0 Å². The largest absolute Gasteiger partial charge is 0.495 e. The van der Waals surface area contributed by atoms with Crippen LogP contribution in [-0.4, -0.2) is 42.9 Å². The average Bonchev–Trinajstić information content (AvgIpc) is 3.16. The number of nitrogens with zero attached hydrogens (tertiary/aromatic N) is 2. The van der Waals surface area contributed by atoms with Crippen molar-refractivity contribution in [2.24, 2.45) is 5.16 Å². The van der Waals surface area contributed by atoms with E-state index in [1.54, 1.807) is 12.0 Å². The van der Waals surface area contributed by atoms with Crippen LogP contribution in [0.5, 0.6) is 5.75 Å². The lowest BCUT2D eigenvalue weighted by Crippen LogP contribution is -2.40. The summed E-state index contributed by atoms with van der Waals surface area (Å²) in [4.78, 5) is 19.9. The van der Waals surface area contributed by atoms with E-state index in [0.717, 1.165) is 11.3 Å². The summed E-state index contributed by atoms with van der Waals surface area (Å²) in [6.45, 7) is 2.98. The molecule has 1 atom stereocenters. The third-order valence-electron chi connectivity index (χ3n) is 4.28. The first-order valence-electron chi connectivity index (χ1n) is 8.68. The first-order valence-corrected chi connectivity index (χ1v) is 8.68. The molecule has 6 nitrogen and oxygen atoms in total. The minimum absolute atomic E-state index is 0.145. The molecule has 1 heterocycles. The van der Waals surface area contributed by atoms with Crippen LogP contribution in [0.1, 0.15) is 18.9 Å². The molecule has 1 aliphatic rings. The van der Waals surface area contributed by atoms with Crippen molar-refractivity contribution in [2.75, 3.05) is 25.5 Å². The van der Waals surface area contributed by atoms with Crippen molar-refractivity contribution >= 4 is 17.4 Å². The standard InChI is InChI=1S/C20H23N3O3/c1-3-23(20(24)21-17-11-7-8-12-19(17)25-2)14-16-13-18(22-26-16)15-9-5-4-6-10-15/h4-12,16H,3,13-14H2,1-2H3,(H,21,24). The summed E-state index contributed by atoms with van der Waals surface area (Å²) in [5, 5.41) is 7.08. The van der Waals surface area contributed by atoms with Gasteiger partial charge in [-0.05, 0) is 24.6 Å². The molecule has 1 unspecified atom stereocenters. The van der Waals surface area contributed by atoms with Crippen molar-refractivity contribution in [1.29, 1.82) is 0 Å². The molecule has 1 N–H and O–H groups in total. The quantitative estimate of drug-likeness (QED) is 0.860. The maximum atomic E-state index is 12.6. The van der Waals surface area contributed by atoms with E-state index in [4.69, 9.17) is 9.57 Å². The number of oxime groups is 1. The number of urea groups is 1. The monoisotopic (exact) mass is 353 g/mol. The summed E-state index contributed by atoms with van der Waals surface area (Å²) in [6.07, 6.45) is 0.538. The molecule has 0 aromatic heterocycles. The molecule has 1 aliphatic heterocycles. The van der Waals surface area contributed by atoms with Crippen LogP contribution < -0.4 is 10.1 Å². The molecule has 2 aromatic carbocycles. The molecule has 0 saturated carbocycles. The van der Waals surface area contributed by atoms with Crippen LogP contribution >= 0.6 is 0 Å². The number of amides is 2. The smallest absolute Gasteiger partial charge is 0.322 e. The van der Waals surface area contributed by atoms with E-state index in [-0.39, 0.29) is 12.1 Å². The van der Waals surface area contributed by atoms with Gasteiger partial charge in [-0.3, -0.25) is 0 Å². The van der Waals surface area contributed by atoms with E-state index in [0.29, 0.717) is 30.9 Å². The van der Waals surface area contributed by atoms with Gasteiger partial charge >= 0.3 is 6.03 Å². The second kappa shape index (κ2) is 8.38. The molecule has 2 aromatic rings. The Kier molecular flexibility index (Phi) is 5.73. The fourth-order valence-corrected chi connectivity index (χ4v) is 2.87. The number of benzene rings is 2. The number of hydrogen-bond acceptors (Lipinski definition) is 4. The van der Waals surface area contributed by atoms with E-state index in [9.17, 15) is 4.79 Å². The van der Waals surface area contributed by atoms with Gasteiger partial charge in [-0.2, -0.15) is 0 Å². The molecule has 0 spiro atoms. The van der Waals surface area contributed by atoms with Crippen LogP contribution in [0.25, 0.3) is 0 Å². The Morgan fingerprint density at radius 1 is 1.23 bits per heavy atom. The van der Waals surface area contributed by atoms with Crippen LogP contribution in [-0.2, 0) is 4.84 Å². The maximum absolute atomic E-state index is 12.6. The summed E-state index contributed by atoms with van der Waals surface area (Å²) in [5.41, 5.74) is 2.61. The lowest BCUT2D eigenvalue weighted by molar-refractivity contribution is 0.0633. The normalized spacial score (nSPS) is 15.8. The Morgan fingerprint density at radius 2 is 1.96 bits per heavy atom. The highest BCUT2D eigenvalue weighted by Crippen LogP contribution is 2.24. The van der Waals surface area contributed by atoms with E-state index in [1.807, 2.05) is 61.5 Å². The van der Waals surface area contributed by atoms with Gasteiger partial charge in [0.05, 0.1) is 25.1 Å². The van der Waals surface area contributed by atoms with E-state index < -0.39 is 0 Å². The Bertz CT molecular complexity index is 777. The molecule has 6 heteroatoms. The van der Waals surface area contributed by atoms with Gasteiger partial charge in [-0.25, -0.2) is 4.79 Å². The van der Waals surface area contributed by atoms with Gasteiger partial charge in [-0.1, -0.05) is 47.6 Å². The lowest BCUT2D eigenvalue weighted by atomic mass is 10.1. The second-order valence-electron chi connectivity index (χ2n) is 6.00. The second-order valence-corrected chi connectivity index (χ2v) is 6.00.